The summed E-state index contributed by atoms with van der Waals surface area (Å²) in [5.41, 5.74) is 0. The Bertz CT molecular complexity index is 845. The molecule has 1 atom stereocenters. The van der Waals surface area contributed by atoms with Crippen molar-refractivity contribution in [1.29, 1.82) is 0 Å². The first-order valence-electron chi connectivity index (χ1n) is 7.71. The number of sulfonamides is 1. The zero-order valence-electron chi connectivity index (χ0n) is 13.3. The van der Waals surface area contributed by atoms with Crippen molar-refractivity contribution in [2.75, 3.05) is 13.1 Å². The van der Waals surface area contributed by atoms with Crippen LogP contribution in [-0.2, 0) is 22.6 Å². The summed E-state index contributed by atoms with van der Waals surface area (Å²) >= 11 is 1.21. The quantitative estimate of drug-likeness (QED) is 0.794. The fourth-order valence-electron chi connectivity index (χ4n) is 2.69. The first-order valence-corrected chi connectivity index (χ1v) is 9.97. The molecule has 1 saturated heterocycles. The zero-order chi connectivity index (χ0) is 18.2. The summed E-state index contributed by atoms with van der Waals surface area (Å²) in [7, 11) is -3.67. The van der Waals surface area contributed by atoms with E-state index in [4.69, 9.17) is 4.42 Å². The molecule has 3 rings (SSSR count). The van der Waals surface area contributed by atoms with Gasteiger partial charge in [-0.25, -0.2) is 8.42 Å². The lowest BCUT2D eigenvalue weighted by Crippen LogP contribution is -2.38. The molecule has 2 aromatic heterocycles. The normalized spacial score (nSPS) is 20.1. The summed E-state index contributed by atoms with van der Waals surface area (Å²) in [5, 5.41) is 6.47. The van der Waals surface area contributed by atoms with Gasteiger partial charge in [0.25, 0.3) is 10.0 Å². The highest BCUT2D eigenvalue weighted by molar-refractivity contribution is 7.91. The van der Waals surface area contributed by atoms with Gasteiger partial charge in [0.15, 0.2) is 0 Å². The predicted molar refractivity (Wildman–Crippen MR) is 83.7 cm³/mol. The second-order valence-corrected chi connectivity index (χ2v) is 9.05. The smallest absolute Gasteiger partial charge is 0.417 e. The molecule has 1 fully saturated rings. The first kappa shape index (κ1) is 18.3. The van der Waals surface area contributed by atoms with Gasteiger partial charge in [-0.1, -0.05) is 6.92 Å². The number of thiophene rings is 1. The van der Waals surface area contributed by atoms with Crippen LogP contribution < -0.4 is 0 Å². The summed E-state index contributed by atoms with van der Waals surface area (Å²) in [6, 6.07) is 3.34. The molecule has 138 valence electrons. The molecule has 11 heteroatoms. The van der Waals surface area contributed by atoms with Crippen LogP contribution in [-0.4, -0.2) is 36.0 Å². The third-order valence-electron chi connectivity index (χ3n) is 4.00. The molecule has 0 aromatic carbocycles. The molecule has 0 bridgehead atoms. The molecule has 0 radical (unpaired) electrons. The second-order valence-electron chi connectivity index (χ2n) is 5.72. The molecule has 0 spiro atoms. The predicted octanol–water partition coefficient (Wildman–Crippen LogP) is 3.28. The molecule has 3 heterocycles. The SMILES string of the molecule is CCc1ccc(S(=O)(=O)N2CCCC(c3nnc(C(F)(F)F)o3)C2)s1. The van der Waals surface area contributed by atoms with Gasteiger partial charge in [-0.15, -0.1) is 21.5 Å². The molecular formula is C14H16F3N3O3S2. The number of nitrogens with zero attached hydrogens (tertiary/aromatic N) is 3. The van der Waals surface area contributed by atoms with E-state index in [1.807, 2.05) is 6.92 Å². The monoisotopic (exact) mass is 395 g/mol. The largest absolute Gasteiger partial charge is 0.470 e. The van der Waals surface area contributed by atoms with Crippen LogP contribution in [0.4, 0.5) is 13.2 Å². The minimum atomic E-state index is -4.71. The Kier molecular flexibility index (Phi) is 4.91. The Labute approximate surface area is 146 Å². The minimum Gasteiger partial charge on any atom is -0.417 e. The molecule has 2 aromatic rings. The maximum Gasteiger partial charge on any atom is 0.470 e. The molecule has 0 amide bonds. The van der Waals surface area contributed by atoms with E-state index >= 15 is 0 Å². The van der Waals surface area contributed by atoms with Crippen LogP contribution in [0.3, 0.4) is 0 Å². The van der Waals surface area contributed by atoms with Crippen LogP contribution >= 0.6 is 11.3 Å². The lowest BCUT2D eigenvalue weighted by molar-refractivity contribution is -0.157. The number of halogens is 3. The number of aryl methyl sites for hydroxylation is 1. The summed E-state index contributed by atoms with van der Waals surface area (Å²) in [4.78, 5) is 0.957. The summed E-state index contributed by atoms with van der Waals surface area (Å²) < 4.78 is 69.5. The molecule has 0 N–H and O–H groups in total. The Balaban J connectivity index is 1.80. The molecule has 1 aliphatic rings. The fourth-order valence-corrected chi connectivity index (χ4v) is 5.66. The van der Waals surface area contributed by atoms with Crippen molar-refractivity contribution >= 4 is 21.4 Å². The number of hydrogen-bond acceptors (Lipinski definition) is 6. The van der Waals surface area contributed by atoms with Crippen molar-refractivity contribution in [3.63, 3.8) is 0 Å². The van der Waals surface area contributed by atoms with E-state index in [2.05, 4.69) is 10.2 Å². The van der Waals surface area contributed by atoms with Gasteiger partial charge in [-0.3, -0.25) is 0 Å². The number of piperidine rings is 1. The van der Waals surface area contributed by atoms with Crippen molar-refractivity contribution < 1.29 is 26.0 Å². The highest BCUT2D eigenvalue weighted by atomic mass is 32.2. The zero-order valence-corrected chi connectivity index (χ0v) is 14.9. The van der Waals surface area contributed by atoms with Gasteiger partial charge >= 0.3 is 12.1 Å². The maximum absolute atomic E-state index is 12.7. The second kappa shape index (κ2) is 6.69. The van der Waals surface area contributed by atoms with E-state index < -0.39 is 28.0 Å². The van der Waals surface area contributed by atoms with Crippen molar-refractivity contribution in [3.8, 4) is 0 Å². The number of alkyl halides is 3. The lowest BCUT2D eigenvalue weighted by Gasteiger charge is -2.29. The lowest BCUT2D eigenvalue weighted by atomic mass is 10.00. The fraction of sp³-hybridized carbons (Fsp3) is 0.571. The van der Waals surface area contributed by atoms with E-state index in [9.17, 15) is 21.6 Å². The Morgan fingerprint density at radius 3 is 2.72 bits per heavy atom. The average Bonchev–Trinajstić information content (AvgIpc) is 3.24. The molecule has 1 unspecified atom stereocenters. The van der Waals surface area contributed by atoms with Crippen LogP contribution in [0.15, 0.2) is 20.8 Å². The van der Waals surface area contributed by atoms with Gasteiger partial charge in [0.2, 0.25) is 5.89 Å². The molecule has 1 aliphatic heterocycles. The summed E-state index contributed by atoms with van der Waals surface area (Å²) in [6.07, 6.45) is -2.96. The van der Waals surface area contributed by atoms with E-state index in [-0.39, 0.29) is 16.6 Å². The van der Waals surface area contributed by atoms with E-state index in [0.717, 1.165) is 11.3 Å². The van der Waals surface area contributed by atoms with Crippen molar-refractivity contribution in [2.24, 2.45) is 0 Å². The van der Waals surface area contributed by atoms with Gasteiger partial charge in [-0.05, 0) is 31.4 Å². The van der Waals surface area contributed by atoms with Crippen LogP contribution in [0.5, 0.6) is 0 Å². The van der Waals surface area contributed by atoms with Crippen LogP contribution in [0.2, 0.25) is 0 Å². The van der Waals surface area contributed by atoms with Crippen LogP contribution in [0.25, 0.3) is 0 Å². The minimum absolute atomic E-state index is 0.0290. The molecule has 0 saturated carbocycles. The Morgan fingerprint density at radius 2 is 2.12 bits per heavy atom. The standard InChI is InChI=1S/C14H16F3N3O3S2/c1-2-10-5-6-11(24-10)25(21,22)20-7-3-4-9(8-20)12-18-19-13(23-12)14(15,16)17/h5-6,9H,2-4,7-8H2,1H3. The van der Waals surface area contributed by atoms with Crippen molar-refractivity contribution in [3.05, 3.63) is 28.8 Å². The van der Waals surface area contributed by atoms with Gasteiger partial charge in [0, 0.05) is 18.0 Å². The molecule has 0 aliphatic carbocycles. The molecular weight excluding hydrogens is 379 g/mol. The van der Waals surface area contributed by atoms with E-state index in [0.29, 0.717) is 19.4 Å². The average molecular weight is 395 g/mol. The van der Waals surface area contributed by atoms with Crippen molar-refractivity contribution in [2.45, 2.75) is 42.5 Å². The molecule has 25 heavy (non-hydrogen) atoms. The van der Waals surface area contributed by atoms with E-state index in [1.54, 1.807) is 12.1 Å². The summed E-state index contributed by atoms with van der Waals surface area (Å²) in [5.74, 6) is -2.13. The van der Waals surface area contributed by atoms with Gasteiger partial charge in [-0.2, -0.15) is 17.5 Å². The van der Waals surface area contributed by atoms with Crippen molar-refractivity contribution in [1.82, 2.24) is 14.5 Å². The van der Waals surface area contributed by atoms with Gasteiger partial charge < -0.3 is 4.42 Å². The highest BCUT2D eigenvalue weighted by Crippen LogP contribution is 2.34. The number of aromatic nitrogens is 2. The number of hydrogen-bond donors (Lipinski definition) is 0. The third-order valence-corrected chi connectivity index (χ3v) is 7.56. The maximum atomic E-state index is 12.7. The van der Waals surface area contributed by atoms with Gasteiger partial charge in [0.1, 0.15) is 4.21 Å². The Morgan fingerprint density at radius 1 is 1.36 bits per heavy atom. The summed E-state index contributed by atoms with van der Waals surface area (Å²) in [6.45, 7) is 2.28. The first-order chi connectivity index (χ1) is 11.7. The topological polar surface area (TPSA) is 76.3 Å². The Hall–Kier alpha value is -1.46. The number of rotatable bonds is 4. The van der Waals surface area contributed by atoms with Crippen LogP contribution in [0.1, 0.15) is 42.3 Å². The van der Waals surface area contributed by atoms with Gasteiger partial charge in [0.05, 0.1) is 5.92 Å². The van der Waals surface area contributed by atoms with Crippen LogP contribution in [0, 0.1) is 0 Å². The highest BCUT2D eigenvalue weighted by Gasteiger charge is 2.40. The molecule has 6 nitrogen and oxygen atoms in total. The van der Waals surface area contributed by atoms with E-state index in [1.165, 1.54) is 15.6 Å². The third kappa shape index (κ3) is 3.72.